The van der Waals surface area contributed by atoms with Crippen molar-refractivity contribution in [3.05, 3.63) is 54.5 Å². The van der Waals surface area contributed by atoms with Crippen LogP contribution in [0.25, 0.3) is 28.2 Å². The van der Waals surface area contributed by atoms with Gasteiger partial charge in [-0.3, -0.25) is 4.68 Å². The number of benzene rings is 1. The third-order valence-corrected chi connectivity index (χ3v) is 6.55. The molecule has 11 heteroatoms. The Balaban J connectivity index is 1.35. The monoisotopic (exact) mass is 449 g/mol. The summed E-state index contributed by atoms with van der Waals surface area (Å²) in [7, 11) is 0. The number of halogens is 2. The van der Waals surface area contributed by atoms with E-state index in [9.17, 15) is 8.78 Å². The summed E-state index contributed by atoms with van der Waals surface area (Å²) in [5.74, 6) is -1.71. The Labute approximate surface area is 187 Å². The molecular weight excluding hydrogens is 428 g/mol. The molecular formula is C22H21F2N9. The summed E-state index contributed by atoms with van der Waals surface area (Å²) in [6.45, 7) is 0. The van der Waals surface area contributed by atoms with E-state index in [1.807, 2.05) is 10.9 Å². The van der Waals surface area contributed by atoms with Crippen molar-refractivity contribution in [3.63, 3.8) is 0 Å². The summed E-state index contributed by atoms with van der Waals surface area (Å²) >= 11 is 0. The predicted octanol–water partition coefficient (Wildman–Crippen LogP) is 2.90. The largest absolute Gasteiger partial charge is 0.383 e. The minimum absolute atomic E-state index is 0.117. The molecule has 33 heavy (non-hydrogen) atoms. The standard InChI is InChI=1S/C22H21F2N9/c23-18-2-1-3-19(20(18)24)33-22(29-30-31-33)17-6-12(9-26-21(17)25)13-10-27-32(11-13)16-7-14-4-5-15(8-16)28-14/h1-3,6,9-11,14-16,28H,4-5,7-8H2,(H2,25,26)/t14-,15+,16+. The van der Waals surface area contributed by atoms with Crippen molar-refractivity contribution in [2.75, 3.05) is 5.73 Å². The predicted molar refractivity (Wildman–Crippen MR) is 116 cm³/mol. The molecule has 4 aromatic rings. The van der Waals surface area contributed by atoms with E-state index >= 15 is 0 Å². The zero-order valence-corrected chi connectivity index (χ0v) is 17.6. The number of rotatable bonds is 4. The first-order chi connectivity index (χ1) is 16.1. The number of tetrazole rings is 1. The average molecular weight is 449 g/mol. The van der Waals surface area contributed by atoms with E-state index in [1.54, 1.807) is 18.5 Å². The third kappa shape index (κ3) is 3.44. The second-order valence-electron chi connectivity index (χ2n) is 8.62. The molecule has 2 saturated heterocycles. The average Bonchev–Trinajstić information content (AvgIpc) is 3.56. The highest BCUT2D eigenvalue weighted by Crippen LogP contribution is 2.35. The van der Waals surface area contributed by atoms with Crippen LogP contribution < -0.4 is 11.1 Å². The van der Waals surface area contributed by atoms with Crippen LogP contribution in [0, 0.1) is 11.6 Å². The molecule has 2 aliphatic heterocycles. The van der Waals surface area contributed by atoms with Gasteiger partial charge in [-0.2, -0.15) is 9.78 Å². The summed E-state index contributed by atoms with van der Waals surface area (Å²) in [5.41, 5.74) is 8.07. The van der Waals surface area contributed by atoms with Crippen LogP contribution in [0.4, 0.5) is 14.6 Å². The Morgan fingerprint density at radius 2 is 1.88 bits per heavy atom. The second-order valence-corrected chi connectivity index (χ2v) is 8.62. The number of hydrogen-bond acceptors (Lipinski definition) is 7. The summed E-state index contributed by atoms with van der Waals surface area (Å²) in [6.07, 6.45) is 10.1. The lowest BCUT2D eigenvalue weighted by atomic mass is 10.00. The van der Waals surface area contributed by atoms with Gasteiger partial charge in [0.25, 0.3) is 0 Å². The number of fused-ring (bicyclic) bond motifs is 2. The van der Waals surface area contributed by atoms with Crippen molar-refractivity contribution >= 4 is 5.82 Å². The van der Waals surface area contributed by atoms with Crippen molar-refractivity contribution in [2.45, 2.75) is 43.8 Å². The maximum Gasteiger partial charge on any atom is 0.190 e. The van der Waals surface area contributed by atoms with Gasteiger partial charge in [-0.1, -0.05) is 6.07 Å². The zero-order chi connectivity index (χ0) is 22.5. The summed E-state index contributed by atoms with van der Waals surface area (Å²) in [5, 5.41) is 19.7. The van der Waals surface area contributed by atoms with Gasteiger partial charge in [-0.25, -0.2) is 13.8 Å². The maximum absolute atomic E-state index is 14.4. The fourth-order valence-electron chi connectivity index (χ4n) is 4.92. The van der Waals surface area contributed by atoms with Gasteiger partial charge in [0, 0.05) is 35.6 Å². The van der Waals surface area contributed by atoms with Crippen LogP contribution in [0.5, 0.6) is 0 Å². The Morgan fingerprint density at radius 3 is 2.70 bits per heavy atom. The van der Waals surface area contributed by atoms with E-state index in [2.05, 4.69) is 30.9 Å². The molecule has 0 unspecified atom stereocenters. The first kappa shape index (κ1) is 19.9. The molecule has 9 nitrogen and oxygen atoms in total. The van der Waals surface area contributed by atoms with Crippen LogP contribution >= 0.6 is 0 Å². The highest BCUT2D eigenvalue weighted by Gasteiger charge is 2.34. The molecule has 0 spiro atoms. The lowest BCUT2D eigenvalue weighted by molar-refractivity contribution is 0.281. The molecule has 5 heterocycles. The van der Waals surface area contributed by atoms with Crippen LogP contribution in [0.2, 0.25) is 0 Å². The molecule has 6 rings (SSSR count). The third-order valence-electron chi connectivity index (χ3n) is 6.55. The molecule has 2 bridgehead atoms. The van der Waals surface area contributed by atoms with E-state index in [4.69, 9.17) is 5.73 Å². The number of aromatic nitrogens is 7. The van der Waals surface area contributed by atoms with E-state index in [0.29, 0.717) is 23.7 Å². The Hall–Kier alpha value is -3.73. The molecule has 3 atom stereocenters. The minimum atomic E-state index is -1.05. The van der Waals surface area contributed by atoms with E-state index in [-0.39, 0.29) is 17.3 Å². The van der Waals surface area contributed by atoms with Gasteiger partial charge in [0.15, 0.2) is 17.5 Å². The van der Waals surface area contributed by atoms with Crippen LogP contribution in [0.1, 0.15) is 31.7 Å². The smallest absolute Gasteiger partial charge is 0.190 e. The summed E-state index contributed by atoms with van der Waals surface area (Å²) < 4.78 is 31.3. The molecule has 0 saturated carbocycles. The molecule has 168 valence electrons. The molecule has 1 aromatic carbocycles. The molecule has 0 radical (unpaired) electrons. The van der Waals surface area contributed by atoms with Crippen LogP contribution in [0.15, 0.2) is 42.9 Å². The zero-order valence-electron chi connectivity index (χ0n) is 17.6. The van der Waals surface area contributed by atoms with Crippen molar-refractivity contribution in [1.29, 1.82) is 0 Å². The number of nitrogens with zero attached hydrogens (tertiary/aromatic N) is 7. The topological polar surface area (TPSA) is 112 Å². The quantitative estimate of drug-likeness (QED) is 0.493. The maximum atomic E-state index is 14.4. The van der Waals surface area contributed by atoms with E-state index in [0.717, 1.165) is 34.7 Å². The number of hydrogen-bond donors (Lipinski definition) is 2. The molecule has 2 fully saturated rings. The van der Waals surface area contributed by atoms with Gasteiger partial charge in [-0.05, 0) is 54.3 Å². The summed E-state index contributed by atoms with van der Waals surface area (Å²) in [4.78, 5) is 4.30. The molecule has 3 aromatic heterocycles. The Kier molecular flexibility index (Phi) is 4.64. The first-order valence-corrected chi connectivity index (χ1v) is 10.9. The van der Waals surface area contributed by atoms with E-state index in [1.165, 1.54) is 25.0 Å². The fourth-order valence-corrected chi connectivity index (χ4v) is 4.92. The van der Waals surface area contributed by atoms with Gasteiger partial charge in [0.05, 0.1) is 17.8 Å². The number of nitrogens with one attached hydrogen (secondary N) is 1. The lowest BCUT2D eigenvalue weighted by Gasteiger charge is -2.29. The van der Waals surface area contributed by atoms with Crippen LogP contribution in [0.3, 0.4) is 0 Å². The number of pyridine rings is 1. The minimum Gasteiger partial charge on any atom is -0.383 e. The summed E-state index contributed by atoms with van der Waals surface area (Å²) in [6, 6.07) is 7.09. The van der Waals surface area contributed by atoms with Crippen molar-refractivity contribution in [2.24, 2.45) is 0 Å². The lowest BCUT2D eigenvalue weighted by Crippen LogP contribution is -2.38. The van der Waals surface area contributed by atoms with Gasteiger partial charge in [-0.15, -0.1) is 5.10 Å². The van der Waals surface area contributed by atoms with Gasteiger partial charge in [0.2, 0.25) is 0 Å². The van der Waals surface area contributed by atoms with E-state index < -0.39 is 11.6 Å². The van der Waals surface area contributed by atoms with Crippen LogP contribution in [-0.2, 0) is 0 Å². The molecule has 3 N–H and O–H groups in total. The number of piperidine rings is 1. The molecule has 0 amide bonds. The van der Waals surface area contributed by atoms with Gasteiger partial charge >= 0.3 is 0 Å². The molecule has 2 aliphatic rings. The number of nitrogen functional groups attached to an aromatic ring is 1. The number of anilines is 1. The SMILES string of the molecule is Nc1ncc(-c2cnn([C@H]3C[C@H]4CC[C@@H](C3)N4)c2)cc1-c1nnnn1-c1cccc(F)c1F. The second kappa shape index (κ2) is 7.69. The van der Waals surface area contributed by atoms with Crippen molar-refractivity contribution < 1.29 is 8.78 Å². The highest BCUT2D eigenvalue weighted by atomic mass is 19.2. The van der Waals surface area contributed by atoms with Crippen molar-refractivity contribution in [3.8, 4) is 28.2 Å². The van der Waals surface area contributed by atoms with Gasteiger partial charge in [0.1, 0.15) is 11.5 Å². The fraction of sp³-hybridized carbons (Fsp3) is 0.318. The van der Waals surface area contributed by atoms with Crippen LogP contribution in [-0.4, -0.2) is 47.1 Å². The normalized spacial score (nSPS) is 22.1. The van der Waals surface area contributed by atoms with Crippen molar-refractivity contribution in [1.82, 2.24) is 40.3 Å². The Morgan fingerprint density at radius 1 is 1.06 bits per heavy atom. The molecule has 0 aliphatic carbocycles. The van der Waals surface area contributed by atoms with Gasteiger partial charge < -0.3 is 11.1 Å². The Bertz CT molecular complexity index is 1320. The first-order valence-electron chi connectivity index (χ1n) is 10.9. The highest BCUT2D eigenvalue weighted by molar-refractivity contribution is 5.76. The number of nitrogens with two attached hydrogens (primary N) is 1.